The molecule has 0 spiro atoms. The van der Waals surface area contributed by atoms with Crippen LogP contribution in [0, 0.1) is 22.7 Å². The first-order chi connectivity index (χ1) is 7.94. The molecule has 0 bridgehead atoms. The van der Waals surface area contributed by atoms with E-state index in [4.69, 9.17) is 15.3 Å². The van der Waals surface area contributed by atoms with Crippen LogP contribution in [0.15, 0.2) is 29.8 Å². The number of hydrogen-bond acceptors (Lipinski definition) is 3. The van der Waals surface area contributed by atoms with E-state index in [-0.39, 0.29) is 11.2 Å². The number of benzene rings is 1. The highest BCUT2D eigenvalue weighted by Crippen LogP contribution is 2.19. The predicted octanol–water partition coefficient (Wildman–Crippen LogP) is 3.29. The van der Waals surface area contributed by atoms with Crippen LogP contribution in [0.25, 0.3) is 6.08 Å². The smallest absolute Gasteiger partial charge is 0.130 e. The molecule has 1 aromatic rings. The lowest BCUT2D eigenvalue weighted by atomic mass is 10.1. The molecule has 0 radical (unpaired) electrons. The maximum atomic E-state index is 8.63. The monoisotopic (exact) mass is 226 g/mol. The molecule has 0 amide bonds. The average molecular weight is 226 g/mol. The standard InChI is InChI=1S/C14H14N2O/c1-14(2,3)17-13-6-4-11(5-7-13)8-12(9-15)10-16/h4-8H,1-3H3. The van der Waals surface area contributed by atoms with E-state index in [2.05, 4.69) is 0 Å². The summed E-state index contributed by atoms with van der Waals surface area (Å²) in [6.45, 7) is 5.93. The van der Waals surface area contributed by atoms with Crippen LogP contribution in [-0.4, -0.2) is 5.60 Å². The fourth-order valence-corrected chi connectivity index (χ4v) is 1.24. The molecule has 0 aromatic heterocycles. The van der Waals surface area contributed by atoms with Gasteiger partial charge in [0.15, 0.2) is 0 Å². The fourth-order valence-electron chi connectivity index (χ4n) is 1.24. The molecular formula is C14H14N2O. The Balaban J connectivity index is 2.87. The first kappa shape index (κ1) is 12.8. The van der Waals surface area contributed by atoms with E-state index in [0.29, 0.717) is 0 Å². The van der Waals surface area contributed by atoms with E-state index in [1.165, 1.54) is 0 Å². The van der Waals surface area contributed by atoms with E-state index in [1.807, 2.05) is 57.2 Å². The Morgan fingerprint density at radius 2 is 1.65 bits per heavy atom. The summed E-state index contributed by atoms with van der Waals surface area (Å²) in [5, 5.41) is 17.3. The fraction of sp³-hybridized carbons (Fsp3) is 0.286. The van der Waals surface area contributed by atoms with Gasteiger partial charge in [-0.05, 0) is 44.5 Å². The molecule has 1 aromatic carbocycles. The quantitative estimate of drug-likeness (QED) is 0.727. The van der Waals surface area contributed by atoms with Gasteiger partial charge in [-0.2, -0.15) is 10.5 Å². The normalized spacial score (nSPS) is 9.94. The number of nitrogens with zero attached hydrogens (tertiary/aromatic N) is 2. The molecule has 0 heterocycles. The third-order valence-corrected chi connectivity index (χ3v) is 1.86. The molecule has 3 heteroatoms. The molecule has 0 aliphatic rings. The molecule has 0 N–H and O–H groups in total. The largest absolute Gasteiger partial charge is 0.488 e. The molecule has 0 unspecified atom stereocenters. The highest BCUT2D eigenvalue weighted by molar-refractivity contribution is 5.62. The van der Waals surface area contributed by atoms with Gasteiger partial charge in [0, 0.05) is 0 Å². The molecule has 0 saturated heterocycles. The molecule has 0 aliphatic heterocycles. The van der Waals surface area contributed by atoms with E-state index in [0.717, 1.165) is 11.3 Å². The first-order valence-corrected chi connectivity index (χ1v) is 5.25. The van der Waals surface area contributed by atoms with Crippen molar-refractivity contribution < 1.29 is 4.74 Å². The van der Waals surface area contributed by atoms with Crippen LogP contribution in [-0.2, 0) is 0 Å². The second-order valence-corrected chi connectivity index (χ2v) is 4.57. The van der Waals surface area contributed by atoms with Crippen molar-refractivity contribution >= 4 is 6.08 Å². The number of nitriles is 2. The van der Waals surface area contributed by atoms with Crippen LogP contribution in [0.1, 0.15) is 26.3 Å². The van der Waals surface area contributed by atoms with Gasteiger partial charge in [-0.1, -0.05) is 12.1 Å². The van der Waals surface area contributed by atoms with Crippen LogP contribution < -0.4 is 4.74 Å². The van der Waals surface area contributed by atoms with E-state index in [9.17, 15) is 0 Å². The second-order valence-electron chi connectivity index (χ2n) is 4.57. The van der Waals surface area contributed by atoms with Gasteiger partial charge in [-0.15, -0.1) is 0 Å². The highest BCUT2D eigenvalue weighted by atomic mass is 16.5. The number of allylic oxidation sites excluding steroid dienone is 1. The second kappa shape index (κ2) is 5.18. The van der Waals surface area contributed by atoms with Gasteiger partial charge in [0.2, 0.25) is 0 Å². The molecule has 0 atom stereocenters. The third kappa shape index (κ3) is 4.40. The van der Waals surface area contributed by atoms with Crippen molar-refractivity contribution in [1.29, 1.82) is 10.5 Å². The van der Waals surface area contributed by atoms with E-state index >= 15 is 0 Å². The van der Waals surface area contributed by atoms with Gasteiger partial charge in [-0.25, -0.2) is 0 Å². The Morgan fingerprint density at radius 3 is 2.06 bits per heavy atom. The molecule has 1 rings (SSSR count). The van der Waals surface area contributed by atoms with Crippen LogP contribution in [0.5, 0.6) is 5.75 Å². The minimum Gasteiger partial charge on any atom is -0.488 e. The van der Waals surface area contributed by atoms with Crippen molar-refractivity contribution in [2.45, 2.75) is 26.4 Å². The van der Waals surface area contributed by atoms with Crippen molar-refractivity contribution in [3.63, 3.8) is 0 Å². The minimum absolute atomic E-state index is 0.0921. The van der Waals surface area contributed by atoms with E-state index in [1.54, 1.807) is 6.08 Å². The maximum absolute atomic E-state index is 8.63. The molecule has 0 aliphatic carbocycles. The Hall–Kier alpha value is -2.26. The van der Waals surface area contributed by atoms with Crippen LogP contribution >= 0.6 is 0 Å². The summed E-state index contributed by atoms with van der Waals surface area (Å²) in [4.78, 5) is 0. The Bertz CT molecular complexity index is 477. The predicted molar refractivity (Wildman–Crippen MR) is 66.0 cm³/mol. The molecule has 0 fully saturated rings. The summed E-state index contributed by atoms with van der Waals surface area (Å²) < 4.78 is 5.66. The lowest BCUT2D eigenvalue weighted by molar-refractivity contribution is 0.131. The molecular weight excluding hydrogens is 212 g/mol. The van der Waals surface area contributed by atoms with Crippen molar-refractivity contribution in [1.82, 2.24) is 0 Å². The van der Waals surface area contributed by atoms with Crippen LogP contribution in [0.3, 0.4) is 0 Å². The lowest BCUT2D eigenvalue weighted by Gasteiger charge is -2.21. The SMILES string of the molecule is CC(C)(C)Oc1ccc(C=C(C#N)C#N)cc1. The van der Waals surface area contributed by atoms with Crippen molar-refractivity contribution in [3.05, 3.63) is 35.4 Å². The van der Waals surface area contributed by atoms with Gasteiger partial charge < -0.3 is 4.74 Å². The molecule has 0 saturated carbocycles. The average Bonchev–Trinajstić information content (AvgIpc) is 2.26. The summed E-state index contributed by atoms with van der Waals surface area (Å²) in [7, 11) is 0. The number of ether oxygens (including phenoxy) is 1. The van der Waals surface area contributed by atoms with Crippen molar-refractivity contribution in [3.8, 4) is 17.9 Å². The Morgan fingerprint density at radius 1 is 1.12 bits per heavy atom. The van der Waals surface area contributed by atoms with Crippen LogP contribution in [0.2, 0.25) is 0 Å². The van der Waals surface area contributed by atoms with Crippen molar-refractivity contribution in [2.75, 3.05) is 0 Å². The Kier molecular flexibility index (Phi) is 3.91. The third-order valence-electron chi connectivity index (χ3n) is 1.86. The summed E-state index contributed by atoms with van der Waals surface area (Å²) in [6, 6.07) is 10.9. The van der Waals surface area contributed by atoms with Gasteiger partial charge >= 0.3 is 0 Å². The summed E-state index contributed by atoms with van der Waals surface area (Å²) in [5.74, 6) is 0.769. The number of rotatable bonds is 2. The lowest BCUT2D eigenvalue weighted by Crippen LogP contribution is -2.22. The topological polar surface area (TPSA) is 56.8 Å². The van der Waals surface area contributed by atoms with Gasteiger partial charge in [-0.3, -0.25) is 0 Å². The zero-order chi connectivity index (χ0) is 12.9. The molecule has 3 nitrogen and oxygen atoms in total. The van der Waals surface area contributed by atoms with Gasteiger partial charge in [0.05, 0.1) is 0 Å². The molecule has 17 heavy (non-hydrogen) atoms. The zero-order valence-corrected chi connectivity index (χ0v) is 10.2. The first-order valence-electron chi connectivity index (χ1n) is 5.25. The number of hydrogen-bond donors (Lipinski definition) is 0. The van der Waals surface area contributed by atoms with Crippen LogP contribution in [0.4, 0.5) is 0 Å². The summed E-state index contributed by atoms with van der Waals surface area (Å²) in [5.41, 5.74) is 0.667. The minimum atomic E-state index is -0.234. The molecule has 86 valence electrons. The van der Waals surface area contributed by atoms with Gasteiger partial charge in [0.25, 0.3) is 0 Å². The highest BCUT2D eigenvalue weighted by Gasteiger charge is 2.11. The summed E-state index contributed by atoms with van der Waals surface area (Å²) in [6.07, 6.45) is 1.54. The Labute approximate surface area is 102 Å². The van der Waals surface area contributed by atoms with E-state index < -0.39 is 0 Å². The zero-order valence-electron chi connectivity index (χ0n) is 10.2. The van der Waals surface area contributed by atoms with Crippen molar-refractivity contribution in [2.24, 2.45) is 0 Å². The summed E-state index contributed by atoms with van der Waals surface area (Å²) >= 11 is 0. The maximum Gasteiger partial charge on any atom is 0.130 e. The van der Waals surface area contributed by atoms with Gasteiger partial charge in [0.1, 0.15) is 29.1 Å².